The fourth-order valence-corrected chi connectivity index (χ4v) is 3.19. The summed E-state index contributed by atoms with van der Waals surface area (Å²) in [6, 6.07) is 2.07. The van der Waals surface area contributed by atoms with Crippen molar-refractivity contribution in [3.05, 3.63) is 22.4 Å². The van der Waals surface area contributed by atoms with E-state index in [1.807, 2.05) is 0 Å². The zero-order chi connectivity index (χ0) is 11.2. The average molecular weight is 236 g/mol. The first-order chi connectivity index (χ1) is 7.86. The zero-order valence-corrected chi connectivity index (χ0v) is 10.6. The SMILES string of the molecule is O=C(Cc1ccsc1)C1CCCCCCC1. The maximum absolute atomic E-state index is 12.1. The van der Waals surface area contributed by atoms with E-state index in [-0.39, 0.29) is 0 Å². The third-order valence-electron chi connectivity index (χ3n) is 3.52. The smallest absolute Gasteiger partial charge is 0.140 e. The van der Waals surface area contributed by atoms with Gasteiger partial charge >= 0.3 is 0 Å². The second-order valence-corrected chi connectivity index (χ2v) is 5.60. The van der Waals surface area contributed by atoms with Crippen molar-refractivity contribution >= 4 is 17.1 Å². The molecule has 0 unspecified atom stereocenters. The molecule has 0 atom stereocenters. The average Bonchev–Trinajstić information content (AvgIpc) is 2.69. The number of carbonyl (C=O) groups is 1. The minimum atomic E-state index is 0.347. The van der Waals surface area contributed by atoms with E-state index in [2.05, 4.69) is 16.8 Å². The zero-order valence-electron chi connectivity index (χ0n) is 9.78. The van der Waals surface area contributed by atoms with Gasteiger partial charge in [0, 0.05) is 12.3 Å². The Morgan fingerprint density at radius 1 is 1.19 bits per heavy atom. The first-order valence-corrected chi connectivity index (χ1v) is 7.34. The molecule has 1 aliphatic carbocycles. The van der Waals surface area contributed by atoms with Crippen LogP contribution in [0.15, 0.2) is 16.8 Å². The predicted octanol–water partition coefficient (Wildman–Crippen LogP) is 4.22. The molecule has 1 heterocycles. The molecule has 1 nitrogen and oxygen atoms in total. The number of Topliss-reactive ketones (excluding diaryl/α,β-unsaturated/α-hetero) is 1. The Morgan fingerprint density at radius 3 is 2.50 bits per heavy atom. The quantitative estimate of drug-likeness (QED) is 0.768. The molecule has 0 aromatic carbocycles. The maximum Gasteiger partial charge on any atom is 0.140 e. The van der Waals surface area contributed by atoms with Crippen LogP contribution in [0.1, 0.15) is 50.5 Å². The van der Waals surface area contributed by atoms with Crippen LogP contribution in [0.25, 0.3) is 0 Å². The summed E-state index contributed by atoms with van der Waals surface area (Å²) in [5, 5.41) is 4.15. The van der Waals surface area contributed by atoms with Crippen molar-refractivity contribution in [2.45, 2.75) is 51.4 Å². The number of hydrogen-bond acceptors (Lipinski definition) is 2. The summed E-state index contributed by atoms with van der Waals surface area (Å²) >= 11 is 1.68. The summed E-state index contributed by atoms with van der Waals surface area (Å²) in [5.74, 6) is 0.820. The summed E-state index contributed by atoms with van der Waals surface area (Å²) in [5.41, 5.74) is 1.21. The minimum absolute atomic E-state index is 0.347. The van der Waals surface area contributed by atoms with Crippen molar-refractivity contribution < 1.29 is 4.79 Å². The van der Waals surface area contributed by atoms with Gasteiger partial charge in [-0.05, 0) is 35.2 Å². The molecule has 88 valence electrons. The summed E-state index contributed by atoms with van der Waals surface area (Å²) < 4.78 is 0. The van der Waals surface area contributed by atoms with Crippen LogP contribution in [0, 0.1) is 5.92 Å². The molecule has 1 fully saturated rings. The van der Waals surface area contributed by atoms with Gasteiger partial charge in [0.25, 0.3) is 0 Å². The third-order valence-corrected chi connectivity index (χ3v) is 4.25. The van der Waals surface area contributed by atoms with Crippen LogP contribution in [0.4, 0.5) is 0 Å². The Bertz CT molecular complexity index is 307. The van der Waals surface area contributed by atoms with E-state index in [1.165, 1.54) is 37.7 Å². The molecule has 0 spiro atoms. The number of carbonyl (C=O) groups excluding carboxylic acids is 1. The van der Waals surface area contributed by atoms with E-state index >= 15 is 0 Å². The molecule has 2 rings (SSSR count). The lowest BCUT2D eigenvalue weighted by atomic mass is 9.86. The Kier molecular flexibility index (Phi) is 4.58. The first kappa shape index (κ1) is 11.8. The van der Waals surface area contributed by atoms with Crippen molar-refractivity contribution in [3.8, 4) is 0 Å². The Hall–Kier alpha value is -0.630. The van der Waals surface area contributed by atoms with Gasteiger partial charge in [0.05, 0.1) is 0 Å². The molecule has 0 bridgehead atoms. The highest BCUT2D eigenvalue weighted by atomic mass is 32.1. The highest BCUT2D eigenvalue weighted by Gasteiger charge is 2.19. The second-order valence-electron chi connectivity index (χ2n) is 4.82. The Labute approximate surface area is 102 Å². The molecular formula is C14H20OS. The molecular weight excluding hydrogens is 216 g/mol. The van der Waals surface area contributed by atoms with Crippen LogP contribution < -0.4 is 0 Å². The van der Waals surface area contributed by atoms with Gasteiger partial charge < -0.3 is 0 Å². The maximum atomic E-state index is 12.1. The number of hydrogen-bond donors (Lipinski definition) is 0. The lowest BCUT2D eigenvalue weighted by Crippen LogP contribution is -2.17. The fraction of sp³-hybridized carbons (Fsp3) is 0.643. The second kappa shape index (κ2) is 6.19. The van der Waals surface area contributed by atoms with E-state index in [4.69, 9.17) is 0 Å². The summed E-state index contributed by atoms with van der Waals surface area (Å²) in [6.45, 7) is 0. The van der Waals surface area contributed by atoms with Crippen LogP contribution in [-0.4, -0.2) is 5.78 Å². The van der Waals surface area contributed by atoms with Crippen molar-refractivity contribution in [2.24, 2.45) is 5.92 Å². The van der Waals surface area contributed by atoms with E-state index in [0.717, 1.165) is 12.8 Å². The van der Waals surface area contributed by atoms with Gasteiger partial charge in [-0.15, -0.1) is 0 Å². The van der Waals surface area contributed by atoms with Crippen molar-refractivity contribution in [3.63, 3.8) is 0 Å². The minimum Gasteiger partial charge on any atom is -0.299 e. The topological polar surface area (TPSA) is 17.1 Å². The van der Waals surface area contributed by atoms with Gasteiger partial charge in [0.15, 0.2) is 0 Å². The van der Waals surface area contributed by atoms with Gasteiger partial charge in [-0.1, -0.05) is 32.1 Å². The lowest BCUT2D eigenvalue weighted by Gasteiger charge is -2.18. The van der Waals surface area contributed by atoms with Gasteiger partial charge in [-0.3, -0.25) is 4.79 Å². The molecule has 0 radical (unpaired) electrons. The molecule has 0 amide bonds. The molecule has 0 aliphatic heterocycles. The van der Waals surface area contributed by atoms with E-state index in [9.17, 15) is 4.79 Å². The molecule has 1 aliphatic rings. The van der Waals surface area contributed by atoms with Gasteiger partial charge in [-0.2, -0.15) is 11.3 Å². The van der Waals surface area contributed by atoms with Crippen LogP contribution in [-0.2, 0) is 11.2 Å². The molecule has 1 aromatic rings. The Balaban J connectivity index is 1.87. The summed E-state index contributed by atoms with van der Waals surface area (Å²) in [4.78, 5) is 12.1. The summed E-state index contributed by atoms with van der Waals surface area (Å²) in [7, 11) is 0. The monoisotopic (exact) mass is 236 g/mol. The van der Waals surface area contributed by atoms with Crippen molar-refractivity contribution in [1.82, 2.24) is 0 Å². The van der Waals surface area contributed by atoms with E-state index in [1.54, 1.807) is 11.3 Å². The Morgan fingerprint density at radius 2 is 1.88 bits per heavy atom. The first-order valence-electron chi connectivity index (χ1n) is 6.40. The molecule has 0 saturated heterocycles. The normalized spacial score (nSPS) is 19.0. The van der Waals surface area contributed by atoms with Crippen molar-refractivity contribution in [2.75, 3.05) is 0 Å². The van der Waals surface area contributed by atoms with E-state index in [0.29, 0.717) is 18.1 Å². The largest absolute Gasteiger partial charge is 0.299 e. The van der Waals surface area contributed by atoms with Crippen LogP contribution >= 0.6 is 11.3 Å². The van der Waals surface area contributed by atoms with E-state index < -0.39 is 0 Å². The van der Waals surface area contributed by atoms with Crippen LogP contribution in [0.5, 0.6) is 0 Å². The highest BCUT2D eigenvalue weighted by molar-refractivity contribution is 7.07. The standard InChI is InChI=1S/C14H20OS/c15-14(10-12-8-9-16-11-12)13-6-4-2-1-3-5-7-13/h8-9,11,13H,1-7,10H2. The molecule has 1 aromatic heterocycles. The van der Waals surface area contributed by atoms with Gasteiger partial charge in [-0.25, -0.2) is 0 Å². The third kappa shape index (κ3) is 3.44. The lowest BCUT2D eigenvalue weighted by molar-refractivity contribution is -0.122. The van der Waals surface area contributed by atoms with Gasteiger partial charge in [0.1, 0.15) is 5.78 Å². The summed E-state index contributed by atoms with van der Waals surface area (Å²) in [6.07, 6.45) is 9.43. The number of rotatable bonds is 3. The van der Waals surface area contributed by atoms with Gasteiger partial charge in [0.2, 0.25) is 0 Å². The molecule has 0 N–H and O–H groups in total. The molecule has 16 heavy (non-hydrogen) atoms. The van der Waals surface area contributed by atoms with Crippen LogP contribution in [0.3, 0.4) is 0 Å². The molecule has 2 heteroatoms. The number of thiophene rings is 1. The predicted molar refractivity (Wildman–Crippen MR) is 68.8 cm³/mol. The van der Waals surface area contributed by atoms with Crippen molar-refractivity contribution in [1.29, 1.82) is 0 Å². The number of ketones is 1. The fourth-order valence-electron chi connectivity index (χ4n) is 2.52. The highest BCUT2D eigenvalue weighted by Crippen LogP contribution is 2.24. The molecule has 1 saturated carbocycles. The van der Waals surface area contributed by atoms with Crippen LogP contribution in [0.2, 0.25) is 0 Å².